The monoisotopic (exact) mass is 308 g/mol. The van der Waals surface area contributed by atoms with E-state index in [0.29, 0.717) is 0 Å². The number of carbonyl (C=O) groups excluding carboxylic acids is 1. The number of cyclic esters (lactones) is 1. The number of hydrogen-bond acceptors (Lipinski definition) is 3. The van der Waals surface area contributed by atoms with Crippen LogP contribution in [-0.4, -0.2) is 5.97 Å². The smallest absolute Gasteiger partial charge is 0.335 e. The molecule has 1 aromatic heterocycles. The standard InChI is InChI=1S/C20H20O3/c1-13-5-4-9-20(2)17(13)19(21)23-18(20)15-7-3-6-14(11-15)16-8-10-22-12-16/h3,6-8,10-12,18H,4-5,9H2,1-2H3. The fourth-order valence-electron chi connectivity index (χ4n) is 4.17. The van der Waals surface area contributed by atoms with Crippen molar-refractivity contribution in [1.29, 1.82) is 0 Å². The Labute approximate surface area is 136 Å². The van der Waals surface area contributed by atoms with E-state index in [-0.39, 0.29) is 17.5 Å². The molecule has 4 rings (SSSR count). The van der Waals surface area contributed by atoms with E-state index in [1.165, 1.54) is 5.57 Å². The molecule has 3 heteroatoms. The SMILES string of the molecule is CC1=C2C(=O)OC(c3cccc(-c4ccoc4)c3)C2(C)CCC1. The number of rotatable bonds is 2. The number of carbonyl (C=O) groups is 1. The van der Waals surface area contributed by atoms with Gasteiger partial charge in [-0.3, -0.25) is 0 Å². The maximum absolute atomic E-state index is 12.4. The van der Waals surface area contributed by atoms with Crippen LogP contribution in [0, 0.1) is 5.41 Å². The van der Waals surface area contributed by atoms with E-state index in [1.54, 1.807) is 12.5 Å². The third kappa shape index (κ3) is 2.14. The second-order valence-corrected chi connectivity index (χ2v) is 6.85. The summed E-state index contributed by atoms with van der Waals surface area (Å²) in [5, 5.41) is 0. The molecule has 0 amide bonds. The number of furan rings is 1. The third-order valence-electron chi connectivity index (χ3n) is 5.30. The van der Waals surface area contributed by atoms with Gasteiger partial charge in [0.1, 0.15) is 6.10 Å². The van der Waals surface area contributed by atoms with E-state index in [2.05, 4.69) is 32.0 Å². The van der Waals surface area contributed by atoms with Gasteiger partial charge in [0.05, 0.1) is 12.5 Å². The normalized spacial score (nSPS) is 27.0. The molecule has 1 fully saturated rings. The van der Waals surface area contributed by atoms with Crippen LogP contribution >= 0.6 is 0 Å². The highest BCUT2D eigenvalue weighted by molar-refractivity contribution is 5.94. The second kappa shape index (κ2) is 5.12. The molecule has 0 saturated carbocycles. The fourth-order valence-corrected chi connectivity index (χ4v) is 4.17. The molecule has 3 nitrogen and oxygen atoms in total. The molecule has 2 aromatic rings. The number of hydrogen-bond donors (Lipinski definition) is 0. The molecule has 118 valence electrons. The van der Waals surface area contributed by atoms with E-state index in [4.69, 9.17) is 9.15 Å². The largest absolute Gasteiger partial charge is 0.472 e. The lowest BCUT2D eigenvalue weighted by molar-refractivity contribution is -0.140. The summed E-state index contributed by atoms with van der Waals surface area (Å²) in [5.41, 5.74) is 5.07. The van der Waals surface area contributed by atoms with Gasteiger partial charge >= 0.3 is 5.97 Å². The van der Waals surface area contributed by atoms with Crippen molar-refractivity contribution in [3.63, 3.8) is 0 Å². The van der Waals surface area contributed by atoms with Gasteiger partial charge in [-0.2, -0.15) is 0 Å². The van der Waals surface area contributed by atoms with Crippen molar-refractivity contribution in [2.45, 2.75) is 39.2 Å². The summed E-state index contributed by atoms with van der Waals surface area (Å²) in [6, 6.07) is 10.2. The molecule has 23 heavy (non-hydrogen) atoms. The first kappa shape index (κ1) is 14.3. The van der Waals surface area contributed by atoms with Gasteiger partial charge in [0.15, 0.2) is 0 Å². The lowest BCUT2D eigenvalue weighted by Gasteiger charge is -2.33. The van der Waals surface area contributed by atoms with Crippen LogP contribution in [0.4, 0.5) is 0 Å². The van der Waals surface area contributed by atoms with Crippen molar-refractivity contribution in [3.8, 4) is 11.1 Å². The van der Waals surface area contributed by atoms with Crippen molar-refractivity contribution in [1.82, 2.24) is 0 Å². The number of esters is 1. The van der Waals surface area contributed by atoms with Crippen LogP contribution in [0.15, 0.2) is 58.4 Å². The molecule has 1 saturated heterocycles. The number of fused-ring (bicyclic) bond motifs is 1. The highest BCUT2D eigenvalue weighted by Gasteiger charge is 2.52. The Kier molecular flexibility index (Phi) is 3.19. The molecule has 2 atom stereocenters. The Morgan fingerprint density at radius 2 is 2.09 bits per heavy atom. The van der Waals surface area contributed by atoms with Gasteiger partial charge in [-0.25, -0.2) is 4.79 Å². The summed E-state index contributed by atoms with van der Waals surface area (Å²) in [5.74, 6) is -0.136. The molecule has 1 aliphatic heterocycles. The van der Waals surface area contributed by atoms with Crippen LogP contribution in [0.3, 0.4) is 0 Å². The molecular formula is C20H20O3. The summed E-state index contributed by atoms with van der Waals surface area (Å²) in [7, 11) is 0. The van der Waals surface area contributed by atoms with Crippen molar-refractivity contribution in [2.24, 2.45) is 5.41 Å². The van der Waals surface area contributed by atoms with Gasteiger partial charge in [-0.1, -0.05) is 30.7 Å². The van der Waals surface area contributed by atoms with Crippen LogP contribution < -0.4 is 0 Å². The Morgan fingerprint density at radius 3 is 2.87 bits per heavy atom. The Balaban J connectivity index is 1.78. The highest BCUT2D eigenvalue weighted by atomic mass is 16.6. The summed E-state index contributed by atoms with van der Waals surface area (Å²) in [6.07, 6.45) is 6.31. The minimum atomic E-state index is -0.214. The zero-order chi connectivity index (χ0) is 16.0. The molecule has 2 unspecified atom stereocenters. The van der Waals surface area contributed by atoms with Gasteiger partial charge in [-0.05, 0) is 49.4 Å². The molecule has 0 N–H and O–H groups in total. The summed E-state index contributed by atoms with van der Waals surface area (Å²) in [6.45, 7) is 4.24. The zero-order valence-corrected chi connectivity index (χ0v) is 13.5. The average Bonchev–Trinajstić information content (AvgIpc) is 3.15. The molecule has 0 bridgehead atoms. The summed E-state index contributed by atoms with van der Waals surface area (Å²) < 4.78 is 11.0. The molecular weight excluding hydrogens is 288 g/mol. The predicted octanol–water partition coefficient (Wildman–Crippen LogP) is 5.05. The molecule has 1 aromatic carbocycles. The predicted molar refractivity (Wildman–Crippen MR) is 87.6 cm³/mol. The first-order valence-electron chi connectivity index (χ1n) is 8.13. The third-order valence-corrected chi connectivity index (χ3v) is 5.30. The van der Waals surface area contributed by atoms with E-state index < -0.39 is 0 Å². The summed E-state index contributed by atoms with van der Waals surface area (Å²) >= 11 is 0. The lowest BCUT2D eigenvalue weighted by Crippen LogP contribution is -2.26. The van der Waals surface area contributed by atoms with Crippen molar-refractivity contribution < 1.29 is 13.9 Å². The van der Waals surface area contributed by atoms with Crippen molar-refractivity contribution in [3.05, 3.63) is 59.6 Å². The Hall–Kier alpha value is -2.29. The number of allylic oxidation sites excluding steroid dienone is 1. The zero-order valence-electron chi connectivity index (χ0n) is 13.5. The number of benzene rings is 1. The molecule has 2 heterocycles. The lowest BCUT2D eigenvalue weighted by atomic mass is 9.68. The van der Waals surface area contributed by atoms with Gasteiger partial charge in [0, 0.05) is 16.6 Å². The minimum absolute atomic E-state index is 0.136. The fraction of sp³-hybridized carbons (Fsp3) is 0.350. The molecule has 0 radical (unpaired) electrons. The van der Waals surface area contributed by atoms with Crippen molar-refractivity contribution in [2.75, 3.05) is 0 Å². The van der Waals surface area contributed by atoms with Gasteiger partial charge in [0.2, 0.25) is 0 Å². The Morgan fingerprint density at radius 1 is 1.22 bits per heavy atom. The van der Waals surface area contributed by atoms with Gasteiger partial charge < -0.3 is 9.15 Å². The van der Waals surface area contributed by atoms with E-state index in [1.807, 2.05) is 12.1 Å². The first-order chi connectivity index (χ1) is 11.1. The number of ether oxygens (including phenoxy) is 1. The summed E-state index contributed by atoms with van der Waals surface area (Å²) in [4.78, 5) is 12.4. The van der Waals surface area contributed by atoms with Crippen LogP contribution in [0.2, 0.25) is 0 Å². The molecule has 0 spiro atoms. The van der Waals surface area contributed by atoms with Crippen LogP contribution in [0.1, 0.15) is 44.8 Å². The maximum atomic E-state index is 12.4. The van der Waals surface area contributed by atoms with Crippen LogP contribution in [-0.2, 0) is 9.53 Å². The highest BCUT2D eigenvalue weighted by Crippen LogP contribution is 2.56. The molecule has 2 aliphatic rings. The minimum Gasteiger partial charge on any atom is -0.472 e. The topological polar surface area (TPSA) is 39.4 Å². The average molecular weight is 308 g/mol. The Bertz CT molecular complexity index is 785. The van der Waals surface area contributed by atoms with E-state index in [0.717, 1.165) is 41.5 Å². The maximum Gasteiger partial charge on any atom is 0.335 e. The first-order valence-corrected chi connectivity index (χ1v) is 8.13. The van der Waals surface area contributed by atoms with Crippen molar-refractivity contribution >= 4 is 5.97 Å². The van der Waals surface area contributed by atoms with Gasteiger partial charge in [0.25, 0.3) is 0 Å². The van der Waals surface area contributed by atoms with E-state index in [9.17, 15) is 4.79 Å². The quantitative estimate of drug-likeness (QED) is 0.729. The van der Waals surface area contributed by atoms with E-state index >= 15 is 0 Å². The molecule has 1 aliphatic carbocycles. The second-order valence-electron chi connectivity index (χ2n) is 6.85. The van der Waals surface area contributed by atoms with Crippen LogP contribution in [0.5, 0.6) is 0 Å². The van der Waals surface area contributed by atoms with Gasteiger partial charge in [-0.15, -0.1) is 0 Å². The van der Waals surface area contributed by atoms with Crippen LogP contribution in [0.25, 0.3) is 11.1 Å².